The third-order valence-electron chi connectivity index (χ3n) is 6.15. The molecule has 7 heteroatoms. The fourth-order valence-electron chi connectivity index (χ4n) is 4.21. The van der Waals surface area contributed by atoms with Gasteiger partial charge in [0.2, 0.25) is 0 Å². The molecule has 0 spiro atoms. The third kappa shape index (κ3) is 11.0. The summed E-state index contributed by atoms with van der Waals surface area (Å²) < 4.78 is 43.5. The second kappa shape index (κ2) is 20.1. The molecule has 0 amide bonds. The van der Waals surface area contributed by atoms with Crippen molar-refractivity contribution in [3.8, 4) is 0 Å². The molecule has 6 nitrogen and oxygen atoms in total. The van der Waals surface area contributed by atoms with Crippen LogP contribution in [0.2, 0.25) is 0 Å². The average Bonchev–Trinajstić information content (AvgIpc) is 3.29. The van der Waals surface area contributed by atoms with Crippen LogP contribution in [0, 0.1) is 49.8 Å². The van der Waals surface area contributed by atoms with Crippen molar-refractivity contribution in [3.05, 3.63) is 80.9 Å². The van der Waals surface area contributed by atoms with E-state index in [-0.39, 0.29) is 17.6 Å². The Hall–Kier alpha value is -2.18. The first-order valence-corrected chi connectivity index (χ1v) is 11.6. The molecule has 1 aliphatic heterocycles. The van der Waals surface area contributed by atoms with E-state index in [0.717, 1.165) is 16.9 Å². The van der Waals surface area contributed by atoms with E-state index in [1.807, 2.05) is 12.3 Å². The van der Waals surface area contributed by atoms with E-state index in [0.29, 0.717) is 11.8 Å². The zero-order valence-corrected chi connectivity index (χ0v) is 21.8. The zero-order valence-electron chi connectivity index (χ0n) is 20.6. The maximum atomic E-state index is 7.50. The number of benzene rings is 1. The first kappa shape index (κ1) is 35.0. The molecular formula is C28H32CrO6. The topological polar surface area (TPSA) is 98.1 Å². The fourth-order valence-corrected chi connectivity index (χ4v) is 4.69. The van der Waals surface area contributed by atoms with Crippen LogP contribution in [-0.2, 0) is 43.9 Å². The van der Waals surface area contributed by atoms with Gasteiger partial charge >= 0.3 is 218 Å². The quantitative estimate of drug-likeness (QED) is 0.362. The van der Waals surface area contributed by atoms with Crippen LogP contribution in [0.1, 0.15) is 52.5 Å². The van der Waals surface area contributed by atoms with Crippen LogP contribution < -0.4 is 0 Å². The van der Waals surface area contributed by atoms with E-state index in [9.17, 15) is 0 Å². The van der Waals surface area contributed by atoms with Gasteiger partial charge in [0.05, 0.1) is 0 Å². The van der Waals surface area contributed by atoms with Crippen molar-refractivity contribution >= 4 is 10.6 Å². The van der Waals surface area contributed by atoms with Crippen LogP contribution in [0.3, 0.4) is 0 Å². The zero-order chi connectivity index (χ0) is 27.4. The second-order valence-corrected chi connectivity index (χ2v) is 9.26. The molecule has 0 unspecified atom stereocenters. The van der Waals surface area contributed by atoms with Crippen LogP contribution in [-0.4, -0.2) is 16.8 Å². The van der Waals surface area contributed by atoms with Crippen LogP contribution in [0.25, 0.3) is 6.08 Å². The fraction of sp³-hybridized carbons (Fsp3) is 0.464. The molecule has 2 aliphatic rings. The minimum absolute atomic E-state index is 0.0625. The minimum atomic E-state index is -0.284. The number of hydrogen-bond acceptors (Lipinski definition) is 2. The predicted octanol–water partition coefficient (Wildman–Crippen LogP) is 5.62. The molecule has 1 saturated carbocycles. The van der Waals surface area contributed by atoms with Gasteiger partial charge in [0.1, 0.15) is 0 Å². The molecule has 0 bridgehead atoms. The van der Waals surface area contributed by atoms with Crippen LogP contribution in [0.15, 0.2) is 48.7 Å². The molecule has 35 heavy (non-hydrogen) atoms. The summed E-state index contributed by atoms with van der Waals surface area (Å²) in [6.45, 7) is 27.2. The molecule has 186 valence electrons. The standard InChI is InChI=1S/C24H32O2.4CO.Cr/c1-18(2)21-12-10-19(3)16-22(21)26-17-24(4)14-15-25-23(24)13-11-20-8-6-5-7-9-20;4*1-2;/h5-9,11,13-15,18-19,21-23H,10,12,16H2,1-4H3;;;;;/b13-11-;;;;;/t19-,21+,22-,23+,24-;;;;;/m1...../s1. The van der Waals surface area contributed by atoms with Crippen LogP contribution >= 0.6 is 0 Å². The average molecular weight is 517 g/mol. The summed E-state index contributed by atoms with van der Waals surface area (Å²) in [6, 6.07) is 10.3. The molecule has 3 rings (SSSR count). The summed E-state index contributed by atoms with van der Waals surface area (Å²) in [5.41, 5.74) is 0.895. The monoisotopic (exact) mass is 516 g/mol. The van der Waals surface area contributed by atoms with E-state index < -0.39 is 0 Å². The van der Waals surface area contributed by atoms with Gasteiger partial charge in [-0.1, -0.05) is 0 Å². The molecule has 1 aliphatic carbocycles. The summed E-state index contributed by atoms with van der Waals surface area (Å²) in [4.78, 5) is 0. The van der Waals surface area contributed by atoms with Gasteiger partial charge in [0.15, 0.2) is 0 Å². The summed E-state index contributed by atoms with van der Waals surface area (Å²) in [5, 5.41) is 0. The molecule has 0 saturated heterocycles. The van der Waals surface area contributed by atoms with Crippen molar-refractivity contribution in [1.82, 2.24) is 0 Å². The maximum absolute atomic E-state index is 7.50. The summed E-state index contributed by atoms with van der Waals surface area (Å²) in [6.07, 6.45) is 12.1. The normalized spacial score (nSPS) is 26.1. The van der Waals surface area contributed by atoms with Crippen molar-refractivity contribution in [2.75, 3.05) is 0 Å². The first-order chi connectivity index (χ1) is 16.9. The van der Waals surface area contributed by atoms with Gasteiger partial charge in [0.25, 0.3) is 0 Å². The molecule has 1 heterocycles. The Morgan fingerprint density at radius 2 is 1.63 bits per heavy atom. The molecule has 5 atom stereocenters. The Morgan fingerprint density at radius 3 is 2.17 bits per heavy atom. The van der Waals surface area contributed by atoms with Gasteiger partial charge in [-0.3, -0.25) is 0 Å². The molecule has 0 aromatic heterocycles. The van der Waals surface area contributed by atoms with Crippen molar-refractivity contribution in [1.29, 1.82) is 0 Å². The molecule has 1 fully saturated rings. The Morgan fingerprint density at radius 1 is 1.06 bits per heavy atom. The number of ether oxygens (including phenoxy) is 2. The van der Waals surface area contributed by atoms with E-state index in [1.165, 1.54) is 18.4 Å². The van der Waals surface area contributed by atoms with Gasteiger partial charge in [-0.2, -0.15) is 0 Å². The Labute approximate surface area is 217 Å². The van der Waals surface area contributed by atoms with Crippen molar-refractivity contribution in [2.24, 2.45) is 23.2 Å². The van der Waals surface area contributed by atoms with E-state index in [4.69, 9.17) is 28.1 Å². The molecule has 1 aromatic rings. The summed E-state index contributed by atoms with van der Waals surface area (Å²) >= 11 is 3.24. The molecule has 1 aromatic carbocycles. The Balaban J connectivity index is 0. The van der Waals surface area contributed by atoms with E-state index >= 15 is 0 Å². The van der Waals surface area contributed by atoms with E-state index in [2.05, 4.69) is 113 Å². The summed E-state index contributed by atoms with van der Waals surface area (Å²) in [7, 11) is 0. The van der Waals surface area contributed by atoms with Crippen molar-refractivity contribution < 1.29 is 43.9 Å². The first-order valence-electron chi connectivity index (χ1n) is 11.0. The van der Waals surface area contributed by atoms with E-state index in [1.54, 1.807) is 0 Å². The third-order valence-corrected chi connectivity index (χ3v) is 6.99. The van der Waals surface area contributed by atoms with Gasteiger partial charge in [-0.15, -0.1) is 0 Å². The SMILES string of the molecule is CC(C)[C@@H]1CC[C@@H](C)C[C@H]1O[C](=[Cr])[C@@]1(C)C=CO[C@H]1/C=C\c1ccccc1.[C-]#[O+].[C-]#[O+].[C-]#[O+].[C-]#[O+]. The molecule has 0 radical (unpaired) electrons. The molecule has 0 N–H and O–H groups in total. The predicted molar refractivity (Wildman–Crippen MR) is 125 cm³/mol. The van der Waals surface area contributed by atoms with Crippen molar-refractivity contribution in [3.63, 3.8) is 0 Å². The van der Waals surface area contributed by atoms with Gasteiger partial charge in [-0.25, -0.2) is 0 Å². The van der Waals surface area contributed by atoms with Gasteiger partial charge < -0.3 is 0 Å². The summed E-state index contributed by atoms with van der Waals surface area (Å²) in [5.74, 6) is 2.00. The van der Waals surface area contributed by atoms with Gasteiger partial charge in [0, 0.05) is 0 Å². The van der Waals surface area contributed by atoms with Crippen LogP contribution in [0.4, 0.5) is 0 Å². The number of rotatable bonds is 6. The molecular weight excluding hydrogens is 484 g/mol. The Bertz CT molecular complexity index is 844. The number of hydrogen-bond donors (Lipinski definition) is 0. The Kier molecular flexibility index (Phi) is 20.1. The van der Waals surface area contributed by atoms with Crippen molar-refractivity contribution in [2.45, 2.75) is 59.2 Å². The van der Waals surface area contributed by atoms with Crippen LogP contribution in [0.5, 0.6) is 0 Å². The van der Waals surface area contributed by atoms with Gasteiger partial charge in [-0.05, 0) is 0 Å². The second-order valence-electron chi connectivity index (χ2n) is 8.68.